The number of hydrogen-bond donors (Lipinski definition) is 4. The minimum absolute atomic E-state index is 0.0190. The second kappa shape index (κ2) is 5.46. The maximum absolute atomic E-state index is 11.9. The monoisotopic (exact) mass is 240 g/mol. The number of amides is 2. The molecule has 2 saturated heterocycles. The van der Waals surface area contributed by atoms with Crippen LogP contribution in [0.4, 0.5) is 0 Å². The first kappa shape index (κ1) is 12.3. The molecule has 0 aromatic carbocycles. The predicted octanol–water partition coefficient (Wildman–Crippen LogP) is -1.67. The van der Waals surface area contributed by atoms with Crippen molar-refractivity contribution in [2.75, 3.05) is 19.6 Å². The van der Waals surface area contributed by atoms with Crippen LogP contribution in [-0.2, 0) is 9.59 Å². The highest BCUT2D eigenvalue weighted by Crippen LogP contribution is 2.03. The number of nitrogens with one attached hydrogen (secondary N) is 4. The minimum atomic E-state index is -0.163. The molecule has 6 nitrogen and oxygen atoms in total. The minimum Gasteiger partial charge on any atom is -0.354 e. The standard InChI is InChI=1S/C11H20N4O2/c1-7-4-13-9(6-12-7)11(17)15-8-2-3-10(16)14-5-8/h7-9,12-13H,2-6H2,1H3,(H,14,16)(H,15,17). The van der Waals surface area contributed by atoms with Gasteiger partial charge in [-0.1, -0.05) is 0 Å². The summed E-state index contributed by atoms with van der Waals surface area (Å²) in [5.74, 6) is 0.0901. The van der Waals surface area contributed by atoms with Crippen LogP contribution < -0.4 is 21.3 Å². The first-order valence-corrected chi connectivity index (χ1v) is 6.19. The fourth-order valence-electron chi connectivity index (χ4n) is 2.13. The summed E-state index contributed by atoms with van der Waals surface area (Å²) in [4.78, 5) is 22.9. The van der Waals surface area contributed by atoms with Crippen molar-refractivity contribution in [3.63, 3.8) is 0 Å². The lowest BCUT2D eigenvalue weighted by atomic mass is 10.1. The van der Waals surface area contributed by atoms with Crippen molar-refractivity contribution in [2.24, 2.45) is 0 Å². The zero-order valence-corrected chi connectivity index (χ0v) is 10.1. The third-order valence-electron chi connectivity index (χ3n) is 3.27. The highest BCUT2D eigenvalue weighted by Gasteiger charge is 2.26. The van der Waals surface area contributed by atoms with Crippen molar-refractivity contribution >= 4 is 11.8 Å². The van der Waals surface area contributed by atoms with Gasteiger partial charge in [-0.15, -0.1) is 0 Å². The van der Waals surface area contributed by atoms with Crippen molar-refractivity contribution in [1.29, 1.82) is 0 Å². The van der Waals surface area contributed by atoms with Crippen molar-refractivity contribution < 1.29 is 9.59 Å². The van der Waals surface area contributed by atoms with Crippen LogP contribution in [0.5, 0.6) is 0 Å². The Bertz CT molecular complexity index is 290. The summed E-state index contributed by atoms with van der Waals surface area (Å²) in [6.45, 7) is 4.09. The lowest BCUT2D eigenvalue weighted by Gasteiger charge is -2.30. The smallest absolute Gasteiger partial charge is 0.238 e. The van der Waals surface area contributed by atoms with E-state index in [9.17, 15) is 9.59 Å². The van der Waals surface area contributed by atoms with E-state index in [1.54, 1.807) is 0 Å². The Labute approximate surface area is 101 Å². The lowest BCUT2D eigenvalue weighted by molar-refractivity contribution is -0.127. The molecule has 2 fully saturated rings. The molecule has 2 heterocycles. The molecule has 0 aromatic rings. The Morgan fingerprint density at radius 3 is 2.71 bits per heavy atom. The van der Waals surface area contributed by atoms with Gasteiger partial charge in [0.05, 0.1) is 6.04 Å². The van der Waals surface area contributed by atoms with Crippen LogP contribution in [0.2, 0.25) is 0 Å². The molecule has 2 rings (SSSR count). The molecular formula is C11H20N4O2. The number of rotatable bonds is 2. The van der Waals surface area contributed by atoms with Crippen LogP contribution in [0.1, 0.15) is 19.8 Å². The van der Waals surface area contributed by atoms with E-state index < -0.39 is 0 Å². The second-order valence-electron chi connectivity index (χ2n) is 4.82. The molecule has 0 bridgehead atoms. The van der Waals surface area contributed by atoms with Gasteiger partial charge in [0.15, 0.2) is 0 Å². The van der Waals surface area contributed by atoms with Gasteiger partial charge in [0, 0.05) is 38.1 Å². The van der Waals surface area contributed by atoms with E-state index in [4.69, 9.17) is 0 Å². The first-order chi connectivity index (χ1) is 8.15. The van der Waals surface area contributed by atoms with E-state index in [2.05, 4.69) is 28.2 Å². The summed E-state index contributed by atoms with van der Waals surface area (Å²) in [5, 5.41) is 12.2. The Balaban J connectivity index is 1.75. The highest BCUT2D eigenvalue weighted by atomic mass is 16.2. The Morgan fingerprint density at radius 2 is 2.12 bits per heavy atom. The van der Waals surface area contributed by atoms with Gasteiger partial charge < -0.3 is 21.3 Å². The zero-order valence-electron chi connectivity index (χ0n) is 10.1. The molecule has 0 spiro atoms. The van der Waals surface area contributed by atoms with E-state index in [1.165, 1.54) is 0 Å². The van der Waals surface area contributed by atoms with E-state index in [-0.39, 0.29) is 23.9 Å². The number of carbonyl (C=O) groups is 2. The largest absolute Gasteiger partial charge is 0.354 e. The van der Waals surface area contributed by atoms with Crippen molar-refractivity contribution in [3.05, 3.63) is 0 Å². The Kier molecular flexibility index (Phi) is 3.96. The first-order valence-electron chi connectivity index (χ1n) is 6.19. The molecule has 0 aromatic heterocycles. The van der Waals surface area contributed by atoms with Crippen LogP contribution in [0.25, 0.3) is 0 Å². The topological polar surface area (TPSA) is 82.3 Å². The SMILES string of the molecule is CC1CNC(C(=O)NC2CCC(=O)NC2)CN1. The quantitative estimate of drug-likeness (QED) is 0.465. The van der Waals surface area contributed by atoms with Gasteiger partial charge in [-0.2, -0.15) is 0 Å². The van der Waals surface area contributed by atoms with E-state index in [0.717, 1.165) is 13.0 Å². The molecule has 0 aliphatic carbocycles. The van der Waals surface area contributed by atoms with Crippen LogP contribution in [0.3, 0.4) is 0 Å². The predicted molar refractivity (Wildman–Crippen MR) is 63.4 cm³/mol. The van der Waals surface area contributed by atoms with Crippen molar-refractivity contribution in [3.8, 4) is 0 Å². The van der Waals surface area contributed by atoms with Gasteiger partial charge in [0.2, 0.25) is 11.8 Å². The second-order valence-corrected chi connectivity index (χ2v) is 4.82. The lowest BCUT2D eigenvalue weighted by Crippen LogP contribution is -2.61. The molecule has 2 aliphatic rings. The van der Waals surface area contributed by atoms with Gasteiger partial charge in [-0.05, 0) is 13.3 Å². The summed E-state index contributed by atoms with van der Waals surface area (Å²) in [7, 11) is 0. The number of piperazine rings is 1. The fraction of sp³-hybridized carbons (Fsp3) is 0.818. The fourth-order valence-corrected chi connectivity index (χ4v) is 2.13. The van der Waals surface area contributed by atoms with Crippen molar-refractivity contribution in [2.45, 2.75) is 37.9 Å². The average molecular weight is 240 g/mol. The van der Waals surface area contributed by atoms with Gasteiger partial charge >= 0.3 is 0 Å². The Hall–Kier alpha value is -1.14. The molecule has 96 valence electrons. The number of piperidine rings is 1. The van der Waals surface area contributed by atoms with Crippen molar-refractivity contribution in [1.82, 2.24) is 21.3 Å². The van der Waals surface area contributed by atoms with E-state index in [1.807, 2.05) is 0 Å². The number of hydrogen-bond acceptors (Lipinski definition) is 4. The average Bonchev–Trinajstić information content (AvgIpc) is 2.33. The third kappa shape index (κ3) is 3.41. The molecule has 3 unspecified atom stereocenters. The number of carbonyl (C=O) groups excluding carboxylic acids is 2. The summed E-state index contributed by atoms with van der Waals surface area (Å²) >= 11 is 0. The summed E-state index contributed by atoms with van der Waals surface area (Å²) < 4.78 is 0. The Morgan fingerprint density at radius 1 is 1.29 bits per heavy atom. The van der Waals surface area contributed by atoms with Crippen LogP contribution in [0, 0.1) is 0 Å². The molecule has 2 amide bonds. The van der Waals surface area contributed by atoms with Gasteiger partial charge in [0.1, 0.15) is 0 Å². The normalized spacial score (nSPS) is 33.9. The summed E-state index contributed by atoms with van der Waals surface area (Å²) in [6.07, 6.45) is 1.23. The highest BCUT2D eigenvalue weighted by molar-refractivity contribution is 5.83. The molecule has 0 saturated carbocycles. The van der Waals surface area contributed by atoms with Gasteiger partial charge in [-0.3, -0.25) is 9.59 Å². The molecule has 17 heavy (non-hydrogen) atoms. The molecular weight excluding hydrogens is 220 g/mol. The molecule has 0 radical (unpaired) electrons. The van der Waals surface area contributed by atoms with Crippen LogP contribution in [-0.4, -0.2) is 49.6 Å². The van der Waals surface area contributed by atoms with Crippen LogP contribution >= 0.6 is 0 Å². The summed E-state index contributed by atoms with van der Waals surface area (Å²) in [5.41, 5.74) is 0. The third-order valence-corrected chi connectivity index (χ3v) is 3.27. The van der Waals surface area contributed by atoms with Gasteiger partial charge in [-0.25, -0.2) is 0 Å². The maximum Gasteiger partial charge on any atom is 0.238 e. The zero-order chi connectivity index (χ0) is 12.3. The molecule has 6 heteroatoms. The maximum atomic E-state index is 11.9. The summed E-state index contributed by atoms with van der Waals surface area (Å²) in [6, 6.07) is 0.318. The van der Waals surface area contributed by atoms with Crippen LogP contribution in [0.15, 0.2) is 0 Å². The van der Waals surface area contributed by atoms with E-state index in [0.29, 0.717) is 25.6 Å². The molecule has 4 N–H and O–H groups in total. The van der Waals surface area contributed by atoms with Gasteiger partial charge in [0.25, 0.3) is 0 Å². The molecule has 2 aliphatic heterocycles. The van der Waals surface area contributed by atoms with E-state index >= 15 is 0 Å². The molecule has 3 atom stereocenters.